The second-order valence-electron chi connectivity index (χ2n) is 5.68. The molecule has 0 aromatic carbocycles. The lowest BCUT2D eigenvalue weighted by Crippen LogP contribution is -2.35. The Bertz CT molecular complexity index is 877. The zero-order valence-electron chi connectivity index (χ0n) is 15.2. The Morgan fingerprint density at radius 3 is 2.73 bits per heavy atom. The highest BCUT2D eigenvalue weighted by molar-refractivity contribution is 7.91. The van der Waals surface area contributed by atoms with Crippen LogP contribution in [0.15, 0.2) is 42.7 Å². The normalized spacial score (nSPS) is 11.5. The highest BCUT2D eigenvalue weighted by Gasteiger charge is 2.21. The average molecular weight is 377 g/mol. The van der Waals surface area contributed by atoms with Crippen LogP contribution in [-0.2, 0) is 14.8 Å². The standard InChI is InChI=1S/C17H23N5O3S/c1-5-21(17(23)9-11-20(4)26(24,25)6-2)16-13-22(19-14(16)3)15-8-7-10-18-12-15/h6-8,10,12-13H,2,5,9,11H2,1,3-4H3. The minimum Gasteiger partial charge on any atom is -0.310 e. The molecule has 1 amide bonds. The zero-order chi connectivity index (χ0) is 19.3. The Morgan fingerprint density at radius 1 is 1.42 bits per heavy atom. The number of pyridine rings is 1. The lowest BCUT2D eigenvalue weighted by Gasteiger charge is -2.21. The van der Waals surface area contributed by atoms with Gasteiger partial charge in [-0.2, -0.15) is 5.10 Å². The van der Waals surface area contributed by atoms with Gasteiger partial charge in [0.2, 0.25) is 15.9 Å². The van der Waals surface area contributed by atoms with Crippen molar-refractivity contribution in [1.29, 1.82) is 0 Å². The zero-order valence-corrected chi connectivity index (χ0v) is 16.0. The van der Waals surface area contributed by atoms with Crippen molar-refractivity contribution in [3.63, 3.8) is 0 Å². The number of anilines is 1. The molecular weight excluding hydrogens is 354 g/mol. The molecule has 9 heteroatoms. The van der Waals surface area contributed by atoms with Gasteiger partial charge in [-0.15, -0.1) is 0 Å². The molecule has 0 aliphatic heterocycles. The SMILES string of the molecule is C=CS(=O)(=O)N(C)CCC(=O)N(CC)c1cn(-c2cccnc2)nc1C. The quantitative estimate of drug-likeness (QED) is 0.699. The van der Waals surface area contributed by atoms with Crippen molar-refractivity contribution >= 4 is 21.6 Å². The number of amides is 1. The molecule has 0 spiro atoms. The topological polar surface area (TPSA) is 88.4 Å². The van der Waals surface area contributed by atoms with Crippen LogP contribution in [0.3, 0.4) is 0 Å². The smallest absolute Gasteiger partial charge is 0.235 e. The van der Waals surface area contributed by atoms with E-state index in [1.807, 2.05) is 26.0 Å². The van der Waals surface area contributed by atoms with Gasteiger partial charge in [-0.3, -0.25) is 9.78 Å². The van der Waals surface area contributed by atoms with Gasteiger partial charge >= 0.3 is 0 Å². The van der Waals surface area contributed by atoms with Crippen molar-refractivity contribution in [2.75, 3.05) is 25.0 Å². The van der Waals surface area contributed by atoms with E-state index in [0.717, 1.165) is 15.4 Å². The largest absolute Gasteiger partial charge is 0.310 e. The van der Waals surface area contributed by atoms with Crippen LogP contribution >= 0.6 is 0 Å². The van der Waals surface area contributed by atoms with Crippen molar-refractivity contribution in [3.8, 4) is 5.69 Å². The Morgan fingerprint density at radius 2 is 2.15 bits per heavy atom. The highest BCUT2D eigenvalue weighted by atomic mass is 32.2. The van der Waals surface area contributed by atoms with Gasteiger partial charge in [0.15, 0.2) is 0 Å². The molecule has 2 rings (SSSR count). The average Bonchev–Trinajstić information content (AvgIpc) is 3.02. The molecule has 0 radical (unpaired) electrons. The number of aromatic nitrogens is 3. The maximum absolute atomic E-state index is 12.6. The van der Waals surface area contributed by atoms with Crippen LogP contribution in [0.1, 0.15) is 19.0 Å². The Labute approximate surface area is 153 Å². The van der Waals surface area contributed by atoms with Crippen molar-refractivity contribution in [1.82, 2.24) is 19.1 Å². The van der Waals surface area contributed by atoms with Crippen LogP contribution in [0, 0.1) is 6.92 Å². The molecule has 26 heavy (non-hydrogen) atoms. The number of hydrogen-bond acceptors (Lipinski definition) is 5. The first-order valence-corrected chi connectivity index (χ1v) is 9.66. The van der Waals surface area contributed by atoms with E-state index in [2.05, 4.69) is 16.7 Å². The number of carbonyl (C=O) groups excluding carboxylic acids is 1. The summed E-state index contributed by atoms with van der Waals surface area (Å²) in [6.45, 7) is 7.51. The number of nitrogens with zero attached hydrogens (tertiary/aromatic N) is 5. The van der Waals surface area contributed by atoms with Gasteiger partial charge in [0.05, 0.1) is 29.5 Å². The first-order chi connectivity index (χ1) is 12.3. The fraction of sp³-hybridized carbons (Fsp3) is 0.353. The van der Waals surface area contributed by atoms with Gasteiger partial charge in [-0.1, -0.05) is 6.58 Å². The highest BCUT2D eigenvalue weighted by Crippen LogP contribution is 2.21. The van der Waals surface area contributed by atoms with E-state index in [4.69, 9.17) is 0 Å². The molecular formula is C17H23N5O3S. The van der Waals surface area contributed by atoms with E-state index in [1.54, 1.807) is 28.2 Å². The van der Waals surface area contributed by atoms with Crippen LogP contribution in [0.4, 0.5) is 5.69 Å². The molecule has 0 aliphatic rings. The third-order valence-electron chi connectivity index (χ3n) is 3.98. The predicted molar refractivity (Wildman–Crippen MR) is 100 cm³/mol. The lowest BCUT2D eigenvalue weighted by atomic mass is 10.3. The van der Waals surface area contributed by atoms with Crippen LogP contribution in [0.2, 0.25) is 0 Å². The number of rotatable bonds is 8. The summed E-state index contributed by atoms with van der Waals surface area (Å²) in [5.41, 5.74) is 2.19. The monoisotopic (exact) mass is 377 g/mol. The van der Waals surface area contributed by atoms with Gasteiger partial charge in [0, 0.05) is 38.2 Å². The number of sulfonamides is 1. The van der Waals surface area contributed by atoms with Crippen molar-refractivity contribution in [2.45, 2.75) is 20.3 Å². The van der Waals surface area contributed by atoms with Crippen LogP contribution in [-0.4, -0.2) is 53.5 Å². The number of carbonyl (C=O) groups is 1. The van der Waals surface area contributed by atoms with Gasteiger partial charge in [0.25, 0.3) is 0 Å². The molecule has 0 bridgehead atoms. The van der Waals surface area contributed by atoms with E-state index in [-0.39, 0.29) is 18.9 Å². The second kappa shape index (κ2) is 8.24. The molecule has 2 aromatic heterocycles. The fourth-order valence-corrected chi connectivity index (χ4v) is 3.06. The second-order valence-corrected chi connectivity index (χ2v) is 7.66. The molecule has 0 N–H and O–H groups in total. The van der Waals surface area contributed by atoms with Crippen LogP contribution < -0.4 is 4.90 Å². The maximum Gasteiger partial charge on any atom is 0.235 e. The molecule has 140 valence electrons. The first-order valence-electron chi connectivity index (χ1n) is 8.16. The Hall–Kier alpha value is -2.52. The van der Waals surface area contributed by atoms with E-state index >= 15 is 0 Å². The summed E-state index contributed by atoms with van der Waals surface area (Å²) in [5.74, 6) is -0.174. The van der Waals surface area contributed by atoms with Crippen molar-refractivity contribution < 1.29 is 13.2 Å². The summed E-state index contributed by atoms with van der Waals surface area (Å²) in [6, 6.07) is 3.68. The maximum atomic E-state index is 12.6. The third-order valence-corrected chi connectivity index (χ3v) is 5.45. The molecule has 0 atom stereocenters. The predicted octanol–water partition coefficient (Wildman–Crippen LogP) is 1.72. The third kappa shape index (κ3) is 4.36. The summed E-state index contributed by atoms with van der Waals surface area (Å²) in [7, 11) is -2.11. The molecule has 8 nitrogen and oxygen atoms in total. The summed E-state index contributed by atoms with van der Waals surface area (Å²) in [4.78, 5) is 18.3. The molecule has 0 saturated heterocycles. The summed E-state index contributed by atoms with van der Waals surface area (Å²) in [6.07, 6.45) is 5.20. The fourth-order valence-electron chi connectivity index (χ4n) is 2.46. The van der Waals surface area contributed by atoms with E-state index in [1.165, 1.54) is 7.05 Å². The summed E-state index contributed by atoms with van der Waals surface area (Å²) in [5, 5.41) is 5.32. The Kier molecular flexibility index (Phi) is 6.27. The molecule has 0 unspecified atom stereocenters. The minimum atomic E-state index is -3.53. The van der Waals surface area contributed by atoms with Gasteiger partial charge in [0.1, 0.15) is 0 Å². The van der Waals surface area contributed by atoms with Crippen molar-refractivity contribution in [2.24, 2.45) is 0 Å². The summed E-state index contributed by atoms with van der Waals surface area (Å²) >= 11 is 0. The molecule has 0 fully saturated rings. The molecule has 0 aliphatic carbocycles. The summed E-state index contributed by atoms with van der Waals surface area (Å²) < 4.78 is 26.2. The van der Waals surface area contributed by atoms with E-state index in [0.29, 0.717) is 17.9 Å². The van der Waals surface area contributed by atoms with Crippen LogP contribution in [0.5, 0.6) is 0 Å². The first kappa shape index (κ1) is 19.8. The van der Waals surface area contributed by atoms with Gasteiger partial charge < -0.3 is 4.90 Å². The van der Waals surface area contributed by atoms with E-state index in [9.17, 15) is 13.2 Å². The van der Waals surface area contributed by atoms with Crippen LogP contribution in [0.25, 0.3) is 5.69 Å². The minimum absolute atomic E-state index is 0.0644. The molecule has 2 aromatic rings. The number of hydrogen-bond donors (Lipinski definition) is 0. The molecule has 0 saturated carbocycles. The van der Waals surface area contributed by atoms with Gasteiger partial charge in [-0.25, -0.2) is 17.4 Å². The number of aryl methyl sites for hydroxylation is 1. The van der Waals surface area contributed by atoms with Crippen molar-refractivity contribution in [3.05, 3.63) is 48.4 Å². The Balaban J connectivity index is 2.17. The molecule has 2 heterocycles. The van der Waals surface area contributed by atoms with E-state index < -0.39 is 10.0 Å². The van der Waals surface area contributed by atoms with Gasteiger partial charge in [-0.05, 0) is 26.0 Å². The lowest BCUT2D eigenvalue weighted by molar-refractivity contribution is -0.118.